The molecule has 1 fully saturated rings. The van der Waals surface area contributed by atoms with E-state index in [2.05, 4.69) is 54.1 Å². The van der Waals surface area contributed by atoms with Gasteiger partial charge in [0.05, 0.1) is 11.6 Å². The van der Waals surface area contributed by atoms with Crippen molar-refractivity contribution in [2.75, 3.05) is 31.1 Å². The van der Waals surface area contributed by atoms with Crippen LogP contribution < -0.4 is 4.90 Å². The molecular weight excluding hydrogens is 336 g/mol. The fourth-order valence-electron chi connectivity index (χ4n) is 3.32. The van der Waals surface area contributed by atoms with Gasteiger partial charge in [0.1, 0.15) is 5.82 Å². The number of piperazine rings is 1. The van der Waals surface area contributed by atoms with Crippen LogP contribution in [-0.4, -0.2) is 42.0 Å². The summed E-state index contributed by atoms with van der Waals surface area (Å²) in [7, 11) is 0. The molecule has 140 valence electrons. The van der Waals surface area contributed by atoms with Crippen molar-refractivity contribution in [1.29, 1.82) is 5.26 Å². The molecule has 0 aliphatic carbocycles. The Labute approximate surface area is 161 Å². The van der Waals surface area contributed by atoms with Crippen molar-refractivity contribution in [3.05, 3.63) is 59.3 Å². The van der Waals surface area contributed by atoms with Crippen LogP contribution in [-0.2, 0) is 11.2 Å². The summed E-state index contributed by atoms with van der Waals surface area (Å²) in [5.74, 6) is 1.55. The summed E-state index contributed by atoms with van der Waals surface area (Å²) in [6.07, 6.45) is 2.99. The van der Waals surface area contributed by atoms with Crippen LogP contribution in [0, 0.1) is 11.3 Å². The van der Waals surface area contributed by atoms with E-state index in [-0.39, 0.29) is 5.91 Å². The number of anilines is 1. The first-order valence-electron chi connectivity index (χ1n) is 9.54. The number of hydrogen-bond acceptors (Lipinski definition) is 4. The van der Waals surface area contributed by atoms with Crippen LogP contribution in [0.1, 0.15) is 42.9 Å². The zero-order chi connectivity index (χ0) is 19.2. The minimum atomic E-state index is 0.210. The van der Waals surface area contributed by atoms with E-state index in [0.717, 1.165) is 25.3 Å². The maximum atomic E-state index is 12.5. The van der Waals surface area contributed by atoms with Crippen molar-refractivity contribution < 1.29 is 4.79 Å². The molecule has 0 spiro atoms. The Morgan fingerprint density at radius 1 is 1.15 bits per heavy atom. The molecule has 0 unspecified atom stereocenters. The molecule has 2 heterocycles. The molecular formula is C22H26N4O. The topological polar surface area (TPSA) is 60.2 Å². The average molecular weight is 362 g/mol. The number of carbonyl (C=O) groups is 1. The van der Waals surface area contributed by atoms with Gasteiger partial charge in [0.25, 0.3) is 0 Å². The molecule has 0 bridgehead atoms. The molecule has 2 aromatic rings. The first kappa shape index (κ1) is 18.9. The van der Waals surface area contributed by atoms with Crippen molar-refractivity contribution >= 4 is 11.7 Å². The SMILES string of the molecule is CC(C)c1ccc(CCC(=O)N2CCN(c3cc(C#N)ccn3)CC2)cc1. The van der Waals surface area contributed by atoms with Gasteiger partial charge in [0, 0.05) is 38.8 Å². The van der Waals surface area contributed by atoms with E-state index in [1.54, 1.807) is 18.3 Å². The minimum absolute atomic E-state index is 0.210. The van der Waals surface area contributed by atoms with Crippen LogP contribution in [0.4, 0.5) is 5.82 Å². The quantitative estimate of drug-likeness (QED) is 0.818. The van der Waals surface area contributed by atoms with E-state index in [4.69, 9.17) is 5.26 Å². The number of amides is 1. The van der Waals surface area contributed by atoms with Gasteiger partial charge in [-0.3, -0.25) is 4.79 Å². The third-order valence-electron chi connectivity index (χ3n) is 5.10. The van der Waals surface area contributed by atoms with Crippen molar-refractivity contribution in [2.24, 2.45) is 0 Å². The average Bonchev–Trinajstić information content (AvgIpc) is 2.72. The Morgan fingerprint density at radius 2 is 1.85 bits per heavy atom. The lowest BCUT2D eigenvalue weighted by molar-refractivity contribution is -0.131. The highest BCUT2D eigenvalue weighted by Crippen LogP contribution is 2.17. The summed E-state index contributed by atoms with van der Waals surface area (Å²) in [5, 5.41) is 9.02. The zero-order valence-electron chi connectivity index (χ0n) is 16.1. The number of rotatable bonds is 5. The van der Waals surface area contributed by atoms with Crippen LogP contribution in [0.5, 0.6) is 0 Å². The third kappa shape index (κ3) is 4.85. The minimum Gasteiger partial charge on any atom is -0.353 e. The van der Waals surface area contributed by atoms with Gasteiger partial charge in [0.2, 0.25) is 5.91 Å². The highest BCUT2D eigenvalue weighted by Gasteiger charge is 2.21. The molecule has 1 amide bonds. The Bertz CT molecular complexity index is 815. The standard InChI is InChI=1S/C22H26N4O/c1-17(2)20-6-3-18(4-7-20)5-8-22(27)26-13-11-25(12-14-26)21-15-19(16-23)9-10-24-21/h3-4,6-7,9-10,15,17H,5,8,11-14H2,1-2H3. The second-order valence-corrected chi connectivity index (χ2v) is 7.28. The Balaban J connectivity index is 1.49. The van der Waals surface area contributed by atoms with E-state index >= 15 is 0 Å². The van der Waals surface area contributed by atoms with Gasteiger partial charge in [0.15, 0.2) is 0 Å². The number of nitriles is 1. The normalized spacial score (nSPS) is 14.3. The number of hydrogen-bond donors (Lipinski definition) is 0. The molecule has 1 aromatic carbocycles. The van der Waals surface area contributed by atoms with Crippen LogP contribution in [0.15, 0.2) is 42.6 Å². The molecule has 1 aromatic heterocycles. The van der Waals surface area contributed by atoms with E-state index in [1.165, 1.54) is 11.1 Å². The summed E-state index contributed by atoms with van der Waals surface area (Å²) in [6.45, 7) is 7.26. The fraction of sp³-hybridized carbons (Fsp3) is 0.409. The maximum Gasteiger partial charge on any atom is 0.223 e. The lowest BCUT2D eigenvalue weighted by Gasteiger charge is -2.35. The fourth-order valence-corrected chi connectivity index (χ4v) is 3.32. The monoisotopic (exact) mass is 362 g/mol. The highest BCUT2D eigenvalue weighted by molar-refractivity contribution is 5.76. The van der Waals surface area contributed by atoms with Crippen molar-refractivity contribution in [3.63, 3.8) is 0 Å². The van der Waals surface area contributed by atoms with Gasteiger partial charge in [-0.15, -0.1) is 0 Å². The molecule has 0 radical (unpaired) electrons. The van der Waals surface area contributed by atoms with Crippen molar-refractivity contribution in [1.82, 2.24) is 9.88 Å². The van der Waals surface area contributed by atoms with Gasteiger partial charge in [-0.1, -0.05) is 38.1 Å². The highest BCUT2D eigenvalue weighted by atomic mass is 16.2. The number of carbonyl (C=O) groups excluding carboxylic acids is 1. The predicted molar refractivity (Wildman–Crippen MR) is 107 cm³/mol. The molecule has 27 heavy (non-hydrogen) atoms. The van der Waals surface area contributed by atoms with Gasteiger partial charge in [-0.2, -0.15) is 5.26 Å². The molecule has 0 saturated carbocycles. The summed E-state index contributed by atoms with van der Waals surface area (Å²) in [4.78, 5) is 21.0. The van der Waals surface area contributed by atoms with Crippen LogP contribution in [0.25, 0.3) is 0 Å². The molecule has 1 aliphatic heterocycles. The van der Waals surface area contributed by atoms with Gasteiger partial charge in [-0.25, -0.2) is 4.98 Å². The number of aromatic nitrogens is 1. The smallest absolute Gasteiger partial charge is 0.223 e. The third-order valence-corrected chi connectivity index (χ3v) is 5.10. The summed E-state index contributed by atoms with van der Waals surface area (Å²) < 4.78 is 0. The van der Waals surface area contributed by atoms with Gasteiger partial charge in [-0.05, 0) is 35.6 Å². The predicted octanol–water partition coefficient (Wildman–Crippen LogP) is 3.36. The Morgan fingerprint density at radius 3 is 2.48 bits per heavy atom. The lowest BCUT2D eigenvalue weighted by atomic mass is 10.00. The Kier molecular flexibility index (Phi) is 6.08. The summed E-state index contributed by atoms with van der Waals surface area (Å²) in [6, 6.07) is 14.2. The molecule has 1 saturated heterocycles. The molecule has 1 aliphatic rings. The first-order valence-corrected chi connectivity index (χ1v) is 9.54. The largest absolute Gasteiger partial charge is 0.353 e. The number of benzene rings is 1. The van der Waals surface area contributed by atoms with E-state index in [9.17, 15) is 4.79 Å². The molecule has 0 N–H and O–H groups in total. The van der Waals surface area contributed by atoms with Crippen LogP contribution in [0.3, 0.4) is 0 Å². The molecule has 3 rings (SSSR count). The second kappa shape index (κ2) is 8.68. The number of nitrogens with zero attached hydrogens (tertiary/aromatic N) is 4. The van der Waals surface area contributed by atoms with E-state index in [1.807, 2.05) is 4.90 Å². The van der Waals surface area contributed by atoms with Gasteiger partial charge < -0.3 is 9.80 Å². The van der Waals surface area contributed by atoms with Crippen LogP contribution in [0.2, 0.25) is 0 Å². The van der Waals surface area contributed by atoms with Gasteiger partial charge >= 0.3 is 0 Å². The van der Waals surface area contributed by atoms with Crippen molar-refractivity contribution in [2.45, 2.75) is 32.6 Å². The first-order chi connectivity index (χ1) is 13.1. The lowest BCUT2D eigenvalue weighted by Crippen LogP contribution is -2.49. The summed E-state index contributed by atoms with van der Waals surface area (Å²) in [5.41, 5.74) is 3.15. The molecule has 5 nitrogen and oxygen atoms in total. The molecule has 5 heteroatoms. The Hall–Kier alpha value is -2.87. The maximum absolute atomic E-state index is 12.5. The van der Waals surface area contributed by atoms with Crippen LogP contribution >= 0.6 is 0 Å². The number of pyridine rings is 1. The van der Waals surface area contributed by atoms with E-state index < -0.39 is 0 Å². The number of aryl methyl sites for hydroxylation is 1. The molecule has 0 atom stereocenters. The van der Waals surface area contributed by atoms with E-state index in [0.29, 0.717) is 31.0 Å². The zero-order valence-corrected chi connectivity index (χ0v) is 16.1. The summed E-state index contributed by atoms with van der Waals surface area (Å²) >= 11 is 0. The second-order valence-electron chi connectivity index (χ2n) is 7.28. The van der Waals surface area contributed by atoms with Crippen molar-refractivity contribution in [3.8, 4) is 6.07 Å².